The molecule has 0 aliphatic rings. The minimum absolute atomic E-state index is 0. The lowest BCUT2D eigenvalue weighted by Crippen LogP contribution is -3.00. The molecule has 0 radical (unpaired) electrons. The normalized spacial score (nSPS) is 11.3. The first-order chi connectivity index (χ1) is 12.6. The van der Waals surface area contributed by atoms with Gasteiger partial charge in [-0.15, -0.1) is 0 Å². The minimum atomic E-state index is -0.125. The predicted octanol–water partition coefficient (Wildman–Crippen LogP) is 0.666. The number of halogens is 1. The molecule has 0 fully saturated rings. The van der Waals surface area contributed by atoms with Gasteiger partial charge >= 0.3 is 5.97 Å². The molecule has 0 heterocycles. The van der Waals surface area contributed by atoms with E-state index in [1.165, 1.54) is 57.8 Å². The molecule has 0 aromatic carbocycles. The van der Waals surface area contributed by atoms with Crippen LogP contribution in [-0.4, -0.2) is 67.2 Å². The van der Waals surface area contributed by atoms with Crippen LogP contribution in [-0.2, 0) is 9.53 Å². The van der Waals surface area contributed by atoms with Crippen molar-refractivity contribution in [2.75, 3.05) is 46.5 Å². The van der Waals surface area contributed by atoms with E-state index in [1.54, 1.807) is 0 Å². The van der Waals surface area contributed by atoms with Crippen molar-refractivity contribution in [3.05, 3.63) is 0 Å². The maximum absolute atomic E-state index is 11.8. The molecule has 0 aromatic heterocycles. The Balaban J connectivity index is 0. The number of ether oxygens (including phenoxy) is 1. The van der Waals surface area contributed by atoms with E-state index in [2.05, 4.69) is 6.92 Å². The van der Waals surface area contributed by atoms with Crippen LogP contribution in [0.1, 0.15) is 84.0 Å². The molecule has 6 heteroatoms. The molecule has 0 aromatic rings. The first-order valence-corrected chi connectivity index (χ1v) is 10.8. The van der Waals surface area contributed by atoms with E-state index < -0.39 is 0 Å². The molecule has 164 valence electrons. The lowest BCUT2D eigenvalue weighted by molar-refractivity contribution is -0.910. The Morgan fingerprint density at radius 1 is 0.778 bits per heavy atom. The fourth-order valence-electron chi connectivity index (χ4n) is 3.20. The Labute approximate surface area is 184 Å². The van der Waals surface area contributed by atoms with Gasteiger partial charge in [0.1, 0.15) is 26.2 Å². The van der Waals surface area contributed by atoms with Crippen molar-refractivity contribution in [2.45, 2.75) is 84.0 Å². The fourth-order valence-corrected chi connectivity index (χ4v) is 3.20. The van der Waals surface area contributed by atoms with Crippen molar-refractivity contribution in [2.24, 2.45) is 0 Å². The number of quaternary nitrogens is 1. The number of unbranched alkanes of at least 4 members (excludes halogenated alkanes) is 10. The van der Waals surface area contributed by atoms with Crippen LogP contribution in [0.3, 0.4) is 0 Å². The smallest absolute Gasteiger partial charge is 0.305 e. The van der Waals surface area contributed by atoms with Gasteiger partial charge in [-0.25, -0.2) is 0 Å². The summed E-state index contributed by atoms with van der Waals surface area (Å²) in [5.41, 5.74) is 0. The second-order valence-corrected chi connectivity index (χ2v) is 7.74. The number of carbonyl (C=O) groups is 1. The van der Waals surface area contributed by atoms with Gasteiger partial charge in [0.2, 0.25) is 0 Å². The highest BCUT2D eigenvalue weighted by molar-refractivity contribution is 5.69. The fraction of sp³-hybridized carbons (Fsp3) is 0.952. The van der Waals surface area contributed by atoms with Crippen LogP contribution in [0.4, 0.5) is 0 Å². The first kappa shape index (κ1) is 29.3. The average Bonchev–Trinajstić information content (AvgIpc) is 2.60. The van der Waals surface area contributed by atoms with Crippen molar-refractivity contribution < 1.29 is 48.2 Å². The van der Waals surface area contributed by atoms with Gasteiger partial charge in [-0.2, -0.15) is 0 Å². The Kier molecular flexibility index (Phi) is 22.6. The molecule has 0 saturated carbocycles. The summed E-state index contributed by atoms with van der Waals surface area (Å²) in [5.74, 6) is -0.125. The number of hydrogen-bond acceptors (Lipinski definition) is 4. The quantitative estimate of drug-likeness (QED) is 0.118. The van der Waals surface area contributed by atoms with E-state index in [4.69, 9.17) is 14.9 Å². The zero-order valence-corrected chi connectivity index (χ0v) is 19.9. The van der Waals surface area contributed by atoms with Crippen molar-refractivity contribution >= 4 is 5.97 Å². The van der Waals surface area contributed by atoms with E-state index >= 15 is 0 Å². The maximum atomic E-state index is 11.8. The molecule has 0 aliphatic heterocycles. The molecule has 5 nitrogen and oxygen atoms in total. The van der Waals surface area contributed by atoms with Crippen LogP contribution >= 0.6 is 0 Å². The average molecular weight is 501 g/mol. The Bertz CT molecular complexity index is 323. The van der Waals surface area contributed by atoms with E-state index in [-0.39, 0.29) is 43.2 Å². The van der Waals surface area contributed by atoms with Gasteiger partial charge in [0.25, 0.3) is 0 Å². The van der Waals surface area contributed by atoms with Gasteiger partial charge < -0.3 is 43.4 Å². The van der Waals surface area contributed by atoms with Gasteiger partial charge in [0.05, 0.1) is 20.3 Å². The molecular weight excluding hydrogens is 457 g/mol. The summed E-state index contributed by atoms with van der Waals surface area (Å²) in [6, 6.07) is 0. The van der Waals surface area contributed by atoms with Gasteiger partial charge in [-0.05, 0) is 6.42 Å². The summed E-state index contributed by atoms with van der Waals surface area (Å²) in [6.45, 7) is 4.51. The highest BCUT2D eigenvalue weighted by atomic mass is 127. The molecule has 0 aliphatic carbocycles. The highest BCUT2D eigenvalue weighted by Gasteiger charge is 2.20. The van der Waals surface area contributed by atoms with Gasteiger partial charge in [0.15, 0.2) is 0 Å². The predicted molar refractivity (Wildman–Crippen MR) is 107 cm³/mol. The largest absolute Gasteiger partial charge is 1.00 e. The number of aliphatic hydroxyl groups excluding tert-OH is 2. The molecule has 2 N–H and O–H groups in total. The molecule has 0 saturated heterocycles. The summed E-state index contributed by atoms with van der Waals surface area (Å²) < 4.78 is 5.83. The third-order valence-electron chi connectivity index (χ3n) is 5.16. The van der Waals surface area contributed by atoms with Crippen LogP contribution in [0.2, 0.25) is 0 Å². The Morgan fingerprint density at radius 3 is 1.67 bits per heavy atom. The van der Waals surface area contributed by atoms with E-state index in [0.29, 0.717) is 37.1 Å². The molecule has 0 bridgehead atoms. The molecule has 0 spiro atoms. The molecule has 0 amide bonds. The van der Waals surface area contributed by atoms with Gasteiger partial charge in [-0.1, -0.05) is 71.1 Å². The number of nitrogens with zero attached hydrogens (tertiary/aromatic N) is 1. The third-order valence-corrected chi connectivity index (χ3v) is 5.16. The van der Waals surface area contributed by atoms with Gasteiger partial charge in [-0.3, -0.25) is 4.79 Å². The highest BCUT2D eigenvalue weighted by Crippen LogP contribution is 2.12. The summed E-state index contributed by atoms with van der Waals surface area (Å²) in [7, 11) is 1.96. The number of rotatable bonds is 19. The summed E-state index contributed by atoms with van der Waals surface area (Å²) >= 11 is 0. The number of carbonyl (C=O) groups excluding carboxylic acids is 1. The van der Waals surface area contributed by atoms with Gasteiger partial charge in [0, 0.05) is 6.42 Å². The molecule has 0 unspecified atom stereocenters. The van der Waals surface area contributed by atoms with Crippen LogP contribution < -0.4 is 24.0 Å². The third kappa shape index (κ3) is 19.2. The van der Waals surface area contributed by atoms with Crippen molar-refractivity contribution in [1.29, 1.82) is 0 Å². The molecule has 0 rings (SSSR count). The van der Waals surface area contributed by atoms with Crippen LogP contribution in [0, 0.1) is 0 Å². The monoisotopic (exact) mass is 501 g/mol. The lowest BCUT2D eigenvalue weighted by atomic mass is 10.1. The number of likely N-dealkylation sites (N-methyl/N-ethyl adjacent to an activating group) is 1. The van der Waals surface area contributed by atoms with Crippen molar-refractivity contribution in [1.82, 2.24) is 0 Å². The molecular formula is C21H44INO4. The number of esters is 1. The zero-order valence-electron chi connectivity index (χ0n) is 17.8. The molecule has 0 atom stereocenters. The standard InChI is InChI=1S/C21H44NO4.HI/c1-3-4-5-6-7-8-9-10-11-12-13-14-21(25)26-20-17-22(2,15-18-23)16-19-24;/h23-24H,3-20H2,1-2H3;1H/q+1;/p-1. The second kappa shape index (κ2) is 20.8. The van der Waals surface area contributed by atoms with Crippen molar-refractivity contribution in [3.8, 4) is 0 Å². The topological polar surface area (TPSA) is 66.8 Å². The number of hydrogen-bond donors (Lipinski definition) is 2. The summed E-state index contributed by atoms with van der Waals surface area (Å²) in [5, 5.41) is 18.2. The summed E-state index contributed by atoms with van der Waals surface area (Å²) in [6.07, 6.45) is 14.5. The van der Waals surface area contributed by atoms with Crippen LogP contribution in [0.25, 0.3) is 0 Å². The summed E-state index contributed by atoms with van der Waals surface area (Å²) in [4.78, 5) is 11.8. The van der Waals surface area contributed by atoms with Crippen LogP contribution in [0.15, 0.2) is 0 Å². The van der Waals surface area contributed by atoms with E-state index in [9.17, 15) is 4.79 Å². The Morgan fingerprint density at radius 2 is 1.22 bits per heavy atom. The van der Waals surface area contributed by atoms with E-state index in [0.717, 1.165) is 12.8 Å². The first-order valence-electron chi connectivity index (χ1n) is 10.8. The van der Waals surface area contributed by atoms with Crippen LogP contribution in [0.5, 0.6) is 0 Å². The van der Waals surface area contributed by atoms with E-state index in [1.807, 2.05) is 7.05 Å². The zero-order chi connectivity index (χ0) is 19.5. The molecule has 27 heavy (non-hydrogen) atoms. The lowest BCUT2D eigenvalue weighted by Gasteiger charge is -2.33. The second-order valence-electron chi connectivity index (χ2n) is 7.74. The maximum Gasteiger partial charge on any atom is 0.305 e. The van der Waals surface area contributed by atoms with Crippen molar-refractivity contribution in [3.63, 3.8) is 0 Å². The SMILES string of the molecule is CCCCCCCCCCCCCC(=O)OCC[N+](C)(CCO)CCO.[I-]. The number of aliphatic hydroxyl groups is 2. The minimum Gasteiger partial charge on any atom is -1.00 e. The Hall–Kier alpha value is 0.0800.